The van der Waals surface area contributed by atoms with Gasteiger partial charge in [0.05, 0.1) is 33.1 Å². The van der Waals surface area contributed by atoms with Crippen LogP contribution in [0, 0.1) is 0 Å². The predicted octanol–water partition coefficient (Wildman–Crippen LogP) is 16.7. The maximum Gasteiger partial charge on any atom is 0.137 e. The second-order valence-corrected chi connectivity index (χ2v) is 16.8. The highest BCUT2D eigenvalue weighted by Crippen LogP contribution is 2.47. The Labute approximate surface area is 367 Å². The molecule has 4 nitrogen and oxygen atoms in total. The predicted molar refractivity (Wildman–Crippen MR) is 270 cm³/mol. The van der Waals surface area contributed by atoms with Gasteiger partial charge in [0.25, 0.3) is 0 Å². The zero-order valence-electron chi connectivity index (χ0n) is 34.6. The van der Waals surface area contributed by atoms with Crippen LogP contribution >= 0.6 is 0 Å². The first-order valence-electron chi connectivity index (χ1n) is 21.9. The van der Waals surface area contributed by atoms with Crippen molar-refractivity contribution in [2.75, 3.05) is 4.90 Å². The lowest BCUT2D eigenvalue weighted by Gasteiger charge is -2.27. The van der Waals surface area contributed by atoms with Crippen molar-refractivity contribution < 1.29 is 4.42 Å². The zero-order chi connectivity index (χ0) is 41.9. The molecule has 0 saturated carbocycles. The number of aromatic nitrogens is 2. The summed E-state index contributed by atoms with van der Waals surface area (Å²) in [6.45, 7) is 0. The topological polar surface area (TPSA) is 26.2 Å². The molecule has 0 saturated heterocycles. The molecule has 64 heavy (non-hydrogen) atoms. The minimum atomic E-state index is 0.859. The smallest absolute Gasteiger partial charge is 0.137 e. The highest BCUT2D eigenvalue weighted by atomic mass is 16.3. The lowest BCUT2D eigenvalue weighted by atomic mass is 9.94. The molecule has 0 bridgehead atoms. The Morgan fingerprint density at radius 1 is 0.281 bits per heavy atom. The van der Waals surface area contributed by atoms with Gasteiger partial charge >= 0.3 is 0 Å². The van der Waals surface area contributed by atoms with Gasteiger partial charge in [0.2, 0.25) is 0 Å². The maximum atomic E-state index is 6.54. The summed E-state index contributed by atoms with van der Waals surface area (Å²) in [7, 11) is 0. The molecule has 0 amide bonds. The molecule has 0 aliphatic carbocycles. The average Bonchev–Trinajstić information content (AvgIpc) is 4.02. The summed E-state index contributed by atoms with van der Waals surface area (Å²) in [6.07, 6.45) is 0. The fourth-order valence-corrected chi connectivity index (χ4v) is 10.7. The first kappa shape index (κ1) is 35.0. The number of fused-ring (bicyclic) bond motifs is 15. The zero-order valence-corrected chi connectivity index (χ0v) is 34.6. The van der Waals surface area contributed by atoms with E-state index in [0.29, 0.717) is 0 Å². The van der Waals surface area contributed by atoms with Gasteiger partial charge < -0.3 is 18.5 Å². The standard InChI is InChI=1S/C60H37N3O/c1-2-15-38(16-3-1)62-53-24-11-8-21-47(53)49-34-31-41(37-56(49)62)63-54-25-12-9-22-48(54)50-33-30-40(36-57(50)63)61(55-26-14-28-59-60(55)51-23-10-13-27-58(51)64-59)39-29-32-46-44-19-5-4-17-42(44)43-18-6-7-20-45(43)52(46)35-39/h1-37H. The molecule has 14 rings (SSSR count). The van der Waals surface area contributed by atoms with Gasteiger partial charge in [-0.3, -0.25) is 0 Å². The first-order chi connectivity index (χ1) is 31.8. The molecule has 0 radical (unpaired) electrons. The Hall–Kier alpha value is -8.60. The number of furan rings is 1. The quantitative estimate of drug-likeness (QED) is 0.162. The monoisotopic (exact) mass is 815 g/mol. The Morgan fingerprint density at radius 2 is 0.750 bits per heavy atom. The van der Waals surface area contributed by atoms with Crippen LogP contribution in [-0.4, -0.2) is 9.13 Å². The Balaban J connectivity index is 1.06. The number of para-hydroxylation sites is 4. The van der Waals surface area contributed by atoms with Crippen LogP contribution in [0.25, 0.3) is 109 Å². The molecule has 3 heterocycles. The molecule has 0 aliphatic rings. The fourth-order valence-electron chi connectivity index (χ4n) is 10.7. The average molecular weight is 816 g/mol. The van der Waals surface area contributed by atoms with E-state index < -0.39 is 0 Å². The normalized spacial score (nSPS) is 12.1. The molecule has 11 aromatic carbocycles. The summed E-state index contributed by atoms with van der Waals surface area (Å²) in [5, 5.41) is 14.5. The van der Waals surface area contributed by atoms with Crippen molar-refractivity contribution in [1.82, 2.24) is 9.13 Å². The summed E-state index contributed by atoms with van der Waals surface area (Å²) in [5.74, 6) is 0. The van der Waals surface area contributed by atoms with Crippen LogP contribution in [-0.2, 0) is 0 Å². The number of rotatable bonds is 5. The number of benzene rings is 11. The van der Waals surface area contributed by atoms with Gasteiger partial charge in [0, 0.05) is 49.7 Å². The number of anilines is 3. The van der Waals surface area contributed by atoms with Crippen LogP contribution in [0.4, 0.5) is 17.1 Å². The van der Waals surface area contributed by atoms with Gasteiger partial charge in [-0.25, -0.2) is 0 Å². The lowest BCUT2D eigenvalue weighted by Crippen LogP contribution is -2.10. The van der Waals surface area contributed by atoms with Crippen LogP contribution in [0.3, 0.4) is 0 Å². The van der Waals surface area contributed by atoms with Crippen molar-refractivity contribution in [1.29, 1.82) is 0 Å². The molecule has 4 heteroatoms. The minimum Gasteiger partial charge on any atom is -0.456 e. The van der Waals surface area contributed by atoms with E-state index in [1.807, 2.05) is 6.07 Å². The SMILES string of the molecule is c1ccc(-n2c3ccccc3c3ccc(-n4c5ccccc5c5ccc(N(c6ccc7c8ccccc8c8ccccc8c7c6)c6cccc7oc8ccccc8c67)cc54)cc32)cc1. The van der Waals surface area contributed by atoms with E-state index >= 15 is 0 Å². The summed E-state index contributed by atoms with van der Waals surface area (Å²) in [6, 6.07) is 81.6. The van der Waals surface area contributed by atoms with Crippen LogP contribution in [0.2, 0.25) is 0 Å². The second-order valence-electron chi connectivity index (χ2n) is 16.8. The van der Waals surface area contributed by atoms with E-state index in [-0.39, 0.29) is 0 Å². The third-order valence-corrected chi connectivity index (χ3v) is 13.5. The molecule has 0 unspecified atom stereocenters. The van der Waals surface area contributed by atoms with Crippen molar-refractivity contribution >= 4 is 115 Å². The van der Waals surface area contributed by atoms with Crippen LogP contribution in [0.5, 0.6) is 0 Å². The van der Waals surface area contributed by atoms with E-state index in [2.05, 4.69) is 232 Å². The Bertz CT molecular complexity index is 4170. The van der Waals surface area contributed by atoms with Crippen molar-refractivity contribution in [2.24, 2.45) is 0 Å². The third kappa shape index (κ3) is 4.99. The van der Waals surface area contributed by atoms with Gasteiger partial charge in [0.15, 0.2) is 0 Å². The first-order valence-corrected chi connectivity index (χ1v) is 21.9. The highest BCUT2D eigenvalue weighted by Gasteiger charge is 2.23. The summed E-state index contributed by atoms with van der Waals surface area (Å²) in [5.41, 5.74) is 11.8. The Kier molecular flexibility index (Phi) is 7.36. The Morgan fingerprint density at radius 3 is 1.44 bits per heavy atom. The molecule has 14 aromatic rings. The van der Waals surface area contributed by atoms with Crippen molar-refractivity contribution in [3.8, 4) is 11.4 Å². The molecule has 0 spiro atoms. The molecular weight excluding hydrogens is 779 g/mol. The van der Waals surface area contributed by atoms with Gasteiger partial charge in [0.1, 0.15) is 11.2 Å². The van der Waals surface area contributed by atoms with Crippen molar-refractivity contribution in [3.05, 3.63) is 224 Å². The van der Waals surface area contributed by atoms with Crippen molar-refractivity contribution in [3.63, 3.8) is 0 Å². The fraction of sp³-hybridized carbons (Fsp3) is 0. The van der Waals surface area contributed by atoms with E-state index in [9.17, 15) is 0 Å². The third-order valence-electron chi connectivity index (χ3n) is 13.5. The van der Waals surface area contributed by atoms with Crippen LogP contribution < -0.4 is 4.90 Å². The molecule has 298 valence electrons. The molecule has 0 atom stereocenters. The number of hydrogen-bond acceptors (Lipinski definition) is 2. The van der Waals surface area contributed by atoms with Gasteiger partial charge in [-0.15, -0.1) is 0 Å². The van der Waals surface area contributed by atoms with E-state index in [1.54, 1.807) is 0 Å². The summed E-state index contributed by atoms with van der Waals surface area (Å²) < 4.78 is 11.4. The summed E-state index contributed by atoms with van der Waals surface area (Å²) in [4.78, 5) is 2.44. The van der Waals surface area contributed by atoms with E-state index in [1.165, 1.54) is 64.9 Å². The van der Waals surface area contributed by atoms with Gasteiger partial charge in [-0.2, -0.15) is 0 Å². The molecule has 3 aromatic heterocycles. The number of nitrogens with zero attached hydrogens (tertiary/aromatic N) is 3. The van der Waals surface area contributed by atoms with Gasteiger partial charge in [-0.1, -0.05) is 146 Å². The molecular formula is C60H37N3O. The minimum absolute atomic E-state index is 0.859. The summed E-state index contributed by atoms with van der Waals surface area (Å²) >= 11 is 0. The highest BCUT2D eigenvalue weighted by molar-refractivity contribution is 6.26. The van der Waals surface area contributed by atoms with Gasteiger partial charge in [-0.05, 0) is 111 Å². The second kappa shape index (κ2) is 13.4. The molecule has 0 fully saturated rings. The van der Waals surface area contributed by atoms with E-state index in [0.717, 1.165) is 61.4 Å². The van der Waals surface area contributed by atoms with Crippen LogP contribution in [0.15, 0.2) is 229 Å². The lowest BCUT2D eigenvalue weighted by molar-refractivity contribution is 0.669. The van der Waals surface area contributed by atoms with Crippen molar-refractivity contribution in [2.45, 2.75) is 0 Å². The molecule has 0 N–H and O–H groups in total. The van der Waals surface area contributed by atoms with Crippen LogP contribution in [0.1, 0.15) is 0 Å². The number of hydrogen-bond donors (Lipinski definition) is 0. The maximum absolute atomic E-state index is 6.54. The molecule has 0 aliphatic heterocycles. The van der Waals surface area contributed by atoms with E-state index in [4.69, 9.17) is 4.42 Å². The largest absolute Gasteiger partial charge is 0.456 e.